The predicted molar refractivity (Wildman–Crippen MR) is 129 cm³/mol. The SMILES string of the molecule is C1CCC(N2CCOCC2)CC1.CCC(N)=O.COc1ncnc2sc3c(c12)C(C)CC3. The predicted octanol–water partition coefficient (Wildman–Crippen LogP) is 4.28. The maximum absolute atomic E-state index is 9.59. The third kappa shape index (κ3) is 6.39. The number of amides is 1. The van der Waals surface area contributed by atoms with Crippen LogP contribution in [-0.2, 0) is 16.0 Å². The average Bonchev–Trinajstić information content (AvgIpc) is 3.40. The highest BCUT2D eigenvalue weighted by Gasteiger charge is 2.27. The first-order chi connectivity index (χ1) is 15.5. The first kappa shape index (κ1) is 24.9. The van der Waals surface area contributed by atoms with Crippen molar-refractivity contribution in [3.63, 3.8) is 0 Å². The number of aromatic nitrogens is 2. The van der Waals surface area contributed by atoms with Crippen molar-refractivity contribution in [1.82, 2.24) is 14.9 Å². The first-order valence-electron chi connectivity index (χ1n) is 12.0. The summed E-state index contributed by atoms with van der Waals surface area (Å²) in [5.41, 5.74) is 6.08. The molecule has 178 valence electrons. The third-order valence-electron chi connectivity index (χ3n) is 6.54. The molecule has 3 heterocycles. The van der Waals surface area contributed by atoms with E-state index < -0.39 is 0 Å². The third-order valence-corrected chi connectivity index (χ3v) is 7.72. The van der Waals surface area contributed by atoms with Gasteiger partial charge in [-0.25, -0.2) is 9.97 Å². The Morgan fingerprint density at radius 3 is 2.53 bits per heavy atom. The van der Waals surface area contributed by atoms with Gasteiger partial charge in [-0.15, -0.1) is 11.3 Å². The van der Waals surface area contributed by atoms with Crippen LogP contribution in [-0.4, -0.2) is 60.2 Å². The van der Waals surface area contributed by atoms with Gasteiger partial charge in [-0.1, -0.05) is 33.1 Å². The summed E-state index contributed by atoms with van der Waals surface area (Å²) in [6.45, 7) is 8.25. The summed E-state index contributed by atoms with van der Waals surface area (Å²) in [6.07, 6.45) is 11.7. The number of nitrogens with two attached hydrogens (primary N) is 1. The van der Waals surface area contributed by atoms with Gasteiger partial charge in [-0.05, 0) is 37.2 Å². The Kier molecular flexibility index (Phi) is 9.69. The van der Waals surface area contributed by atoms with Crippen molar-refractivity contribution >= 4 is 27.5 Å². The second-order valence-electron chi connectivity index (χ2n) is 8.70. The van der Waals surface area contributed by atoms with Gasteiger partial charge in [-0.3, -0.25) is 9.69 Å². The summed E-state index contributed by atoms with van der Waals surface area (Å²) in [5, 5.41) is 1.14. The van der Waals surface area contributed by atoms with Crippen molar-refractivity contribution in [3.05, 3.63) is 16.8 Å². The van der Waals surface area contributed by atoms with Gasteiger partial charge in [0, 0.05) is 30.4 Å². The zero-order valence-corrected chi connectivity index (χ0v) is 20.6. The van der Waals surface area contributed by atoms with Crippen LogP contribution in [0.2, 0.25) is 0 Å². The van der Waals surface area contributed by atoms with E-state index in [1.54, 1.807) is 31.7 Å². The van der Waals surface area contributed by atoms with E-state index in [0.29, 0.717) is 12.3 Å². The second kappa shape index (κ2) is 12.5. The molecule has 1 unspecified atom stereocenters. The number of carbonyl (C=O) groups excluding carboxylic acids is 1. The van der Waals surface area contributed by atoms with E-state index in [0.717, 1.165) is 35.4 Å². The Bertz CT molecular complexity index is 844. The number of hydrogen-bond acceptors (Lipinski definition) is 7. The van der Waals surface area contributed by atoms with Crippen LogP contribution < -0.4 is 10.5 Å². The van der Waals surface area contributed by atoms with Crippen molar-refractivity contribution in [2.45, 2.75) is 77.2 Å². The minimum absolute atomic E-state index is 0.245. The average molecular weight is 463 g/mol. The fraction of sp³-hybridized carbons (Fsp3) is 0.708. The number of thiophene rings is 1. The number of nitrogens with zero attached hydrogens (tertiary/aromatic N) is 3. The number of hydrogen-bond donors (Lipinski definition) is 1. The summed E-state index contributed by atoms with van der Waals surface area (Å²) in [5.74, 6) is 1.10. The van der Waals surface area contributed by atoms with Crippen molar-refractivity contribution < 1.29 is 14.3 Å². The van der Waals surface area contributed by atoms with Gasteiger partial charge < -0.3 is 15.2 Å². The molecular formula is C24H38N4O3S. The van der Waals surface area contributed by atoms with Crippen LogP contribution in [0, 0.1) is 0 Å². The fourth-order valence-electron chi connectivity index (χ4n) is 4.72. The van der Waals surface area contributed by atoms with Crippen molar-refractivity contribution in [1.29, 1.82) is 0 Å². The molecule has 1 aliphatic heterocycles. The number of morpholine rings is 1. The van der Waals surface area contributed by atoms with E-state index in [1.165, 1.54) is 68.5 Å². The molecule has 0 aromatic carbocycles. The Morgan fingerprint density at radius 1 is 1.22 bits per heavy atom. The van der Waals surface area contributed by atoms with Gasteiger partial charge in [0.2, 0.25) is 11.8 Å². The van der Waals surface area contributed by atoms with Gasteiger partial charge >= 0.3 is 0 Å². The van der Waals surface area contributed by atoms with E-state index in [1.807, 2.05) is 0 Å². The van der Waals surface area contributed by atoms with E-state index in [-0.39, 0.29) is 5.91 Å². The molecule has 1 amide bonds. The van der Waals surface area contributed by atoms with Gasteiger partial charge in [0.25, 0.3) is 0 Å². The number of primary amides is 1. The van der Waals surface area contributed by atoms with E-state index in [2.05, 4.69) is 27.5 Å². The fourth-order valence-corrected chi connectivity index (χ4v) is 5.98. The van der Waals surface area contributed by atoms with Gasteiger partial charge in [-0.2, -0.15) is 0 Å². The summed E-state index contributed by atoms with van der Waals surface area (Å²) in [4.78, 5) is 23.3. The highest BCUT2D eigenvalue weighted by Crippen LogP contribution is 2.45. The maximum Gasteiger partial charge on any atom is 0.225 e. The molecule has 2 N–H and O–H groups in total. The van der Waals surface area contributed by atoms with Crippen LogP contribution in [0.4, 0.5) is 0 Å². The lowest BCUT2D eigenvalue weighted by atomic mass is 9.94. The molecule has 2 fully saturated rings. The summed E-state index contributed by atoms with van der Waals surface area (Å²) < 4.78 is 10.7. The molecule has 8 heteroatoms. The quantitative estimate of drug-likeness (QED) is 0.732. The largest absolute Gasteiger partial charge is 0.480 e. The molecule has 0 spiro atoms. The standard InChI is InChI=1S/C11H12N2OS.C10H19NO.C3H7NO/c1-6-3-4-7-8(6)9-10(14-2)12-5-13-11(9)15-7;1-2-4-10(5-3-1)11-6-8-12-9-7-11;1-2-3(4)5/h5-6H,3-4H2,1-2H3;10H,1-9H2;2H2,1H3,(H2,4,5). The molecule has 7 nitrogen and oxygen atoms in total. The van der Waals surface area contributed by atoms with Crippen LogP contribution in [0.1, 0.15) is 75.2 Å². The second-order valence-corrected chi connectivity index (χ2v) is 9.79. The Hall–Kier alpha value is -1.77. The minimum Gasteiger partial charge on any atom is -0.480 e. The van der Waals surface area contributed by atoms with Crippen molar-refractivity contribution in [3.8, 4) is 5.88 Å². The summed E-state index contributed by atoms with van der Waals surface area (Å²) in [7, 11) is 1.67. The van der Waals surface area contributed by atoms with Gasteiger partial charge in [0.15, 0.2) is 0 Å². The van der Waals surface area contributed by atoms with Gasteiger partial charge in [0.1, 0.15) is 11.2 Å². The van der Waals surface area contributed by atoms with Crippen LogP contribution >= 0.6 is 11.3 Å². The smallest absolute Gasteiger partial charge is 0.225 e. The first-order valence-corrected chi connectivity index (χ1v) is 12.8. The maximum atomic E-state index is 9.59. The van der Waals surface area contributed by atoms with E-state index >= 15 is 0 Å². The number of methoxy groups -OCH3 is 1. The van der Waals surface area contributed by atoms with Crippen LogP contribution in [0.5, 0.6) is 5.88 Å². The minimum atomic E-state index is -0.245. The van der Waals surface area contributed by atoms with E-state index in [4.69, 9.17) is 9.47 Å². The summed E-state index contributed by atoms with van der Waals surface area (Å²) in [6, 6.07) is 0.891. The number of ether oxygens (including phenoxy) is 2. The summed E-state index contributed by atoms with van der Waals surface area (Å²) >= 11 is 1.79. The lowest BCUT2D eigenvalue weighted by Gasteiger charge is -2.36. The zero-order valence-electron chi connectivity index (χ0n) is 19.8. The molecule has 0 bridgehead atoms. The lowest BCUT2D eigenvalue weighted by molar-refractivity contribution is -0.117. The molecule has 5 rings (SSSR count). The normalized spacial score (nSPS) is 21.2. The van der Waals surface area contributed by atoms with Crippen LogP contribution in [0.3, 0.4) is 0 Å². The number of aryl methyl sites for hydroxylation is 1. The van der Waals surface area contributed by atoms with Crippen LogP contribution in [0.25, 0.3) is 10.2 Å². The highest BCUT2D eigenvalue weighted by atomic mass is 32.1. The van der Waals surface area contributed by atoms with E-state index in [9.17, 15) is 4.79 Å². The number of fused-ring (bicyclic) bond motifs is 3. The number of carbonyl (C=O) groups is 1. The Balaban J connectivity index is 0.000000153. The Labute approximate surface area is 195 Å². The molecule has 1 saturated heterocycles. The zero-order chi connectivity index (χ0) is 22.9. The van der Waals surface area contributed by atoms with Crippen molar-refractivity contribution in [2.75, 3.05) is 33.4 Å². The molecule has 2 aromatic rings. The molecular weight excluding hydrogens is 424 g/mol. The Morgan fingerprint density at radius 2 is 1.91 bits per heavy atom. The molecule has 3 aliphatic rings. The molecule has 2 aromatic heterocycles. The molecule has 32 heavy (non-hydrogen) atoms. The molecule has 0 radical (unpaired) electrons. The van der Waals surface area contributed by atoms with Crippen molar-refractivity contribution in [2.24, 2.45) is 5.73 Å². The van der Waals surface area contributed by atoms with Crippen LogP contribution in [0.15, 0.2) is 6.33 Å². The lowest BCUT2D eigenvalue weighted by Crippen LogP contribution is -2.44. The monoisotopic (exact) mass is 462 g/mol. The topological polar surface area (TPSA) is 90.6 Å². The molecule has 2 aliphatic carbocycles. The van der Waals surface area contributed by atoms with Gasteiger partial charge in [0.05, 0.1) is 25.7 Å². The highest BCUT2D eigenvalue weighted by molar-refractivity contribution is 7.19. The molecule has 1 atom stereocenters. The number of rotatable bonds is 3. The molecule has 1 saturated carbocycles.